The van der Waals surface area contributed by atoms with Crippen LogP contribution in [0.1, 0.15) is 6.42 Å². The Hall–Kier alpha value is -1.54. The second kappa shape index (κ2) is 6.85. The van der Waals surface area contributed by atoms with Crippen molar-refractivity contribution in [1.29, 1.82) is 5.26 Å². The fraction of sp³-hybridized carbons (Fsp3) is 0.273. The Kier molecular flexibility index (Phi) is 5.37. The number of carbonyl (C=O) groups is 1. The van der Waals surface area contributed by atoms with Crippen molar-refractivity contribution in [2.24, 2.45) is 0 Å². The van der Waals surface area contributed by atoms with Crippen molar-refractivity contribution >= 4 is 21.8 Å². The first-order valence-electron chi connectivity index (χ1n) is 4.75. The zero-order valence-corrected chi connectivity index (χ0v) is 10.2. The number of nitrogens with one attached hydrogen (secondary N) is 1. The Labute approximate surface area is 102 Å². The van der Waals surface area contributed by atoms with Crippen LogP contribution in [0.25, 0.3) is 0 Å². The summed E-state index contributed by atoms with van der Waals surface area (Å²) in [5, 5.41) is 10.9. The minimum atomic E-state index is -0.231. The smallest absolute Gasteiger partial charge is 0.257 e. The average Bonchev–Trinajstić information content (AvgIpc) is 2.28. The van der Waals surface area contributed by atoms with E-state index in [4.69, 9.17) is 10.00 Å². The highest BCUT2D eigenvalue weighted by molar-refractivity contribution is 9.10. The minimum absolute atomic E-state index is 0.0476. The van der Waals surface area contributed by atoms with Gasteiger partial charge in [-0.15, -0.1) is 0 Å². The van der Waals surface area contributed by atoms with E-state index in [9.17, 15) is 4.79 Å². The van der Waals surface area contributed by atoms with Gasteiger partial charge in [0.2, 0.25) is 0 Å². The maximum Gasteiger partial charge on any atom is 0.257 e. The maximum atomic E-state index is 11.2. The summed E-state index contributed by atoms with van der Waals surface area (Å²) in [5.74, 6) is 0.393. The van der Waals surface area contributed by atoms with Gasteiger partial charge in [-0.25, -0.2) is 0 Å². The number of ether oxygens (including phenoxy) is 1. The van der Waals surface area contributed by atoms with E-state index in [0.29, 0.717) is 18.7 Å². The molecule has 1 amide bonds. The molecule has 0 atom stereocenters. The van der Waals surface area contributed by atoms with E-state index >= 15 is 0 Å². The lowest BCUT2D eigenvalue weighted by atomic mass is 10.3. The lowest BCUT2D eigenvalue weighted by molar-refractivity contribution is -0.123. The number of benzene rings is 1. The third kappa shape index (κ3) is 4.32. The van der Waals surface area contributed by atoms with Crippen LogP contribution in [0.2, 0.25) is 0 Å². The van der Waals surface area contributed by atoms with Gasteiger partial charge in [0.25, 0.3) is 5.91 Å². The molecule has 5 heteroatoms. The van der Waals surface area contributed by atoms with E-state index < -0.39 is 0 Å². The van der Waals surface area contributed by atoms with Crippen molar-refractivity contribution in [2.75, 3.05) is 13.2 Å². The van der Waals surface area contributed by atoms with E-state index in [-0.39, 0.29) is 12.5 Å². The molecule has 0 spiro atoms. The van der Waals surface area contributed by atoms with Gasteiger partial charge < -0.3 is 10.1 Å². The molecule has 1 rings (SSSR count). The normalized spacial score (nSPS) is 9.25. The van der Waals surface area contributed by atoms with Gasteiger partial charge in [0.05, 0.1) is 17.0 Å². The predicted molar refractivity (Wildman–Crippen MR) is 62.9 cm³/mol. The summed E-state index contributed by atoms with van der Waals surface area (Å²) in [6.45, 7) is 0.308. The summed E-state index contributed by atoms with van der Waals surface area (Å²) in [5.41, 5.74) is 0. The van der Waals surface area contributed by atoms with E-state index in [1.54, 1.807) is 6.07 Å². The van der Waals surface area contributed by atoms with Crippen LogP contribution in [0, 0.1) is 11.3 Å². The summed E-state index contributed by atoms with van der Waals surface area (Å²) in [6, 6.07) is 9.24. The first-order chi connectivity index (χ1) is 7.74. The fourth-order valence-corrected chi connectivity index (χ4v) is 1.41. The minimum Gasteiger partial charge on any atom is -0.483 e. The van der Waals surface area contributed by atoms with Crippen molar-refractivity contribution in [3.63, 3.8) is 0 Å². The maximum absolute atomic E-state index is 11.2. The average molecular weight is 283 g/mol. The van der Waals surface area contributed by atoms with Crippen LogP contribution in [0.4, 0.5) is 0 Å². The van der Waals surface area contributed by atoms with Gasteiger partial charge in [0.15, 0.2) is 6.61 Å². The fourth-order valence-electron chi connectivity index (χ4n) is 1.01. The first-order valence-corrected chi connectivity index (χ1v) is 5.54. The van der Waals surface area contributed by atoms with Crippen LogP contribution in [0.5, 0.6) is 5.75 Å². The summed E-state index contributed by atoms with van der Waals surface area (Å²) < 4.78 is 6.09. The zero-order valence-electron chi connectivity index (χ0n) is 8.57. The first kappa shape index (κ1) is 12.5. The molecule has 0 aliphatic rings. The van der Waals surface area contributed by atoms with Gasteiger partial charge >= 0.3 is 0 Å². The van der Waals surface area contributed by atoms with E-state index in [0.717, 1.165) is 4.47 Å². The lowest BCUT2D eigenvalue weighted by Crippen LogP contribution is -2.29. The Morgan fingerprint density at radius 3 is 2.94 bits per heavy atom. The van der Waals surface area contributed by atoms with Crippen molar-refractivity contribution in [2.45, 2.75) is 6.42 Å². The quantitative estimate of drug-likeness (QED) is 0.839. The van der Waals surface area contributed by atoms with E-state index in [1.165, 1.54) is 0 Å². The number of nitrogens with zero attached hydrogens (tertiary/aromatic N) is 1. The van der Waals surface area contributed by atoms with Crippen LogP contribution < -0.4 is 10.1 Å². The van der Waals surface area contributed by atoms with Crippen LogP contribution in [-0.4, -0.2) is 19.1 Å². The van der Waals surface area contributed by atoms with Crippen molar-refractivity contribution in [3.8, 4) is 11.8 Å². The molecular formula is C11H11BrN2O2. The second-order valence-corrected chi connectivity index (χ2v) is 3.83. The van der Waals surface area contributed by atoms with Gasteiger partial charge in [-0.05, 0) is 28.1 Å². The Balaban J connectivity index is 2.32. The van der Waals surface area contributed by atoms with Crippen LogP contribution in [0.3, 0.4) is 0 Å². The van der Waals surface area contributed by atoms with Crippen molar-refractivity contribution < 1.29 is 9.53 Å². The molecule has 0 unspecified atom stereocenters. The van der Waals surface area contributed by atoms with Gasteiger partial charge in [-0.1, -0.05) is 12.1 Å². The molecular weight excluding hydrogens is 272 g/mol. The number of rotatable bonds is 5. The number of carbonyl (C=O) groups excluding carboxylic acids is 1. The van der Waals surface area contributed by atoms with Gasteiger partial charge in [0.1, 0.15) is 5.75 Å². The largest absolute Gasteiger partial charge is 0.483 e. The van der Waals surface area contributed by atoms with Gasteiger partial charge in [-0.2, -0.15) is 5.26 Å². The molecule has 0 bridgehead atoms. The number of amides is 1. The number of halogens is 1. The van der Waals surface area contributed by atoms with E-state index in [1.807, 2.05) is 24.3 Å². The molecule has 0 heterocycles. The lowest BCUT2D eigenvalue weighted by Gasteiger charge is -2.07. The molecule has 1 N–H and O–H groups in total. The molecule has 1 aromatic rings. The highest BCUT2D eigenvalue weighted by atomic mass is 79.9. The molecule has 0 saturated heterocycles. The molecule has 0 aromatic heterocycles. The van der Waals surface area contributed by atoms with Crippen LogP contribution in [-0.2, 0) is 4.79 Å². The topological polar surface area (TPSA) is 62.1 Å². The summed E-state index contributed by atoms with van der Waals surface area (Å²) >= 11 is 3.31. The molecule has 16 heavy (non-hydrogen) atoms. The van der Waals surface area contributed by atoms with Gasteiger partial charge in [0, 0.05) is 6.54 Å². The summed E-state index contributed by atoms with van der Waals surface area (Å²) in [7, 11) is 0. The SMILES string of the molecule is N#CCCNC(=O)COc1ccccc1Br. The molecule has 84 valence electrons. The number of para-hydroxylation sites is 1. The van der Waals surface area contributed by atoms with Crippen molar-refractivity contribution in [3.05, 3.63) is 28.7 Å². The standard InChI is InChI=1S/C11H11BrN2O2/c12-9-4-1-2-5-10(9)16-8-11(15)14-7-3-6-13/h1-2,4-5H,3,7-8H2,(H,14,15). The zero-order chi connectivity index (χ0) is 11.8. The molecule has 0 radical (unpaired) electrons. The highest BCUT2D eigenvalue weighted by Gasteiger charge is 2.03. The summed E-state index contributed by atoms with van der Waals surface area (Å²) in [6.07, 6.45) is 0.306. The van der Waals surface area contributed by atoms with Gasteiger partial charge in [-0.3, -0.25) is 4.79 Å². The van der Waals surface area contributed by atoms with Crippen LogP contribution in [0.15, 0.2) is 28.7 Å². The number of nitriles is 1. The predicted octanol–water partition coefficient (Wildman–Crippen LogP) is 1.86. The van der Waals surface area contributed by atoms with Crippen LogP contribution >= 0.6 is 15.9 Å². The molecule has 0 saturated carbocycles. The Morgan fingerprint density at radius 1 is 1.50 bits per heavy atom. The third-order valence-corrected chi connectivity index (χ3v) is 2.41. The second-order valence-electron chi connectivity index (χ2n) is 2.98. The van der Waals surface area contributed by atoms with E-state index in [2.05, 4.69) is 21.2 Å². The molecule has 0 fully saturated rings. The van der Waals surface area contributed by atoms with Crippen molar-refractivity contribution in [1.82, 2.24) is 5.32 Å². The molecule has 0 aliphatic carbocycles. The third-order valence-electron chi connectivity index (χ3n) is 1.75. The Bertz CT molecular complexity index is 401. The summed E-state index contributed by atoms with van der Waals surface area (Å²) in [4.78, 5) is 11.2. The number of hydrogen-bond acceptors (Lipinski definition) is 3. The Morgan fingerprint density at radius 2 is 2.25 bits per heavy atom. The molecule has 4 nitrogen and oxygen atoms in total. The highest BCUT2D eigenvalue weighted by Crippen LogP contribution is 2.23. The molecule has 1 aromatic carbocycles. The number of hydrogen-bond donors (Lipinski definition) is 1. The molecule has 0 aliphatic heterocycles. The monoisotopic (exact) mass is 282 g/mol.